The fourth-order valence-electron chi connectivity index (χ4n) is 3.59. The van der Waals surface area contributed by atoms with Crippen molar-refractivity contribution in [3.63, 3.8) is 0 Å². The Bertz CT molecular complexity index is 936. The average molecular weight is 421 g/mol. The van der Waals surface area contributed by atoms with E-state index in [2.05, 4.69) is 0 Å². The Morgan fingerprint density at radius 2 is 1.90 bits per heavy atom. The number of carbonyl (C=O) groups excluding carboxylic acids is 1. The molecule has 1 atom stereocenters. The van der Waals surface area contributed by atoms with Gasteiger partial charge in [-0.3, -0.25) is 9.63 Å². The molecular weight excluding hydrogens is 392 g/mol. The maximum atomic E-state index is 13.3. The molecule has 1 aromatic carbocycles. The highest BCUT2D eigenvalue weighted by Crippen LogP contribution is 2.32. The molecule has 1 amide bonds. The molecule has 0 spiro atoms. The first-order chi connectivity index (χ1) is 13.9. The summed E-state index contributed by atoms with van der Waals surface area (Å²) in [4.78, 5) is 20.0. The van der Waals surface area contributed by atoms with E-state index < -0.39 is 10.0 Å². The lowest BCUT2D eigenvalue weighted by atomic mass is 10.1. The van der Waals surface area contributed by atoms with Gasteiger partial charge in [0.05, 0.1) is 18.0 Å². The van der Waals surface area contributed by atoms with Gasteiger partial charge in [0.2, 0.25) is 0 Å². The lowest BCUT2D eigenvalue weighted by Crippen LogP contribution is -2.34. The molecule has 1 aromatic heterocycles. The van der Waals surface area contributed by atoms with Crippen LogP contribution >= 0.6 is 0 Å². The molecule has 158 valence electrons. The standard InChI is InChI=1S/C21H28N2O5S/c1-4-17-11-14-20(28-17)19-8-6-5-7-15-23(19)21(24)16-9-12-18(13-10-16)29(25,26)22(2)27-3/h9-14,19H,4-8,15H2,1-3H3. The van der Waals surface area contributed by atoms with Crippen LogP contribution in [0.15, 0.2) is 45.7 Å². The Morgan fingerprint density at radius 1 is 1.17 bits per heavy atom. The minimum Gasteiger partial charge on any atom is -0.464 e. The van der Waals surface area contributed by atoms with Crippen molar-refractivity contribution in [3.05, 3.63) is 53.5 Å². The zero-order chi connectivity index (χ0) is 21.0. The Hall–Kier alpha value is -2.16. The van der Waals surface area contributed by atoms with Crippen LogP contribution < -0.4 is 0 Å². The van der Waals surface area contributed by atoms with Gasteiger partial charge in [-0.25, -0.2) is 8.42 Å². The first kappa shape index (κ1) is 21.5. The van der Waals surface area contributed by atoms with Gasteiger partial charge in [0.1, 0.15) is 11.5 Å². The predicted molar refractivity (Wildman–Crippen MR) is 109 cm³/mol. The normalized spacial score (nSPS) is 18.1. The summed E-state index contributed by atoms with van der Waals surface area (Å²) in [6.07, 6.45) is 4.72. The quantitative estimate of drug-likeness (QED) is 0.665. The smallest absolute Gasteiger partial charge is 0.264 e. The lowest BCUT2D eigenvalue weighted by molar-refractivity contribution is -0.0258. The topological polar surface area (TPSA) is 80.1 Å². The van der Waals surface area contributed by atoms with Gasteiger partial charge in [-0.2, -0.15) is 0 Å². The van der Waals surface area contributed by atoms with Crippen molar-refractivity contribution < 1.29 is 22.5 Å². The molecule has 2 heterocycles. The molecular formula is C21H28N2O5S. The molecule has 1 saturated heterocycles. The number of furan rings is 1. The summed E-state index contributed by atoms with van der Waals surface area (Å²) < 4.78 is 31.4. The van der Waals surface area contributed by atoms with E-state index in [9.17, 15) is 13.2 Å². The van der Waals surface area contributed by atoms with E-state index in [1.54, 1.807) is 12.1 Å². The molecule has 0 radical (unpaired) electrons. The van der Waals surface area contributed by atoms with Crippen molar-refractivity contribution in [1.82, 2.24) is 9.37 Å². The highest BCUT2D eigenvalue weighted by atomic mass is 32.2. The molecule has 1 unspecified atom stereocenters. The van der Waals surface area contributed by atoms with Crippen molar-refractivity contribution >= 4 is 15.9 Å². The van der Waals surface area contributed by atoms with Crippen LogP contribution in [0.3, 0.4) is 0 Å². The minimum absolute atomic E-state index is 0.0736. The van der Waals surface area contributed by atoms with E-state index in [1.165, 1.54) is 26.3 Å². The van der Waals surface area contributed by atoms with Crippen LogP contribution in [-0.4, -0.2) is 44.4 Å². The van der Waals surface area contributed by atoms with E-state index >= 15 is 0 Å². The van der Waals surface area contributed by atoms with Crippen molar-refractivity contribution in [3.8, 4) is 0 Å². The summed E-state index contributed by atoms with van der Waals surface area (Å²) in [6.45, 7) is 2.69. The molecule has 1 aliphatic heterocycles. The Morgan fingerprint density at radius 3 is 2.52 bits per heavy atom. The zero-order valence-electron chi connectivity index (χ0n) is 17.1. The molecule has 1 fully saturated rings. The summed E-state index contributed by atoms with van der Waals surface area (Å²) in [5, 5.41) is 0. The lowest BCUT2D eigenvalue weighted by Gasteiger charge is -2.29. The molecule has 1 aliphatic rings. The second-order valence-electron chi connectivity index (χ2n) is 7.14. The van der Waals surface area contributed by atoms with Crippen molar-refractivity contribution in [2.75, 3.05) is 20.7 Å². The maximum Gasteiger partial charge on any atom is 0.264 e. The molecule has 0 N–H and O–H groups in total. The van der Waals surface area contributed by atoms with Gasteiger partial charge in [-0.05, 0) is 49.2 Å². The van der Waals surface area contributed by atoms with Gasteiger partial charge < -0.3 is 9.32 Å². The molecule has 0 aliphatic carbocycles. The molecule has 8 heteroatoms. The minimum atomic E-state index is -3.74. The number of hydrogen-bond donors (Lipinski definition) is 0. The number of aryl methyl sites for hydroxylation is 1. The van der Waals surface area contributed by atoms with Crippen LogP contribution in [-0.2, 0) is 21.3 Å². The predicted octanol–water partition coefficient (Wildman–Crippen LogP) is 3.78. The van der Waals surface area contributed by atoms with Crippen LogP contribution in [0.4, 0.5) is 0 Å². The molecule has 2 aromatic rings. The van der Waals surface area contributed by atoms with E-state index in [0.717, 1.165) is 48.1 Å². The Labute approximate surface area is 172 Å². The highest BCUT2D eigenvalue weighted by Gasteiger charge is 2.30. The first-order valence-corrected chi connectivity index (χ1v) is 11.3. The highest BCUT2D eigenvalue weighted by molar-refractivity contribution is 7.89. The average Bonchev–Trinajstić information content (AvgIpc) is 3.09. The van der Waals surface area contributed by atoms with Crippen LogP contribution in [0.1, 0.15) is 60.5 Å². The van der Waals surface area contributed by atoms with Gasteiger partial charge in [0.15, 0.2) is 0 Å². The van der Waals surface area contributed by atoms with E-state index in [4.69, 9.17) is 9.25 Å². The van der Waals surface area contributed by atoms with E-state index in [0.29, 0.717) is 12.1 Å². The van der Waals surface area contributed by atoms with Gasteiger partial charge in [-0.15, -0.1) is 0 Å². The summed E-state index contributed by atoms with van der Waals surface area (Å²) in [7, 11) is -1.14. The van der Waals surface area contributed by atoms with Crippen LogP contribution in [0.25, 0.3) is 0 Å². The van der Waals surface area contributed by atoms with Crippen LogP contribution in [0, 0.1) is 0 Å². The third-order valence-electron chi connectivity index (χ3n) is 5.37. The number of likely N-dealkylation sites (tertiary alicyclic amines) is 1. The zero-order valence-corrected chi connectivity index (χ0v) is 17.9. The van der Waals surface area contributed by atoms with Gasteiger partial charge >= 0.3 is 0 Å². The van der Waals surface area contributed by atoms with Crippen molar-refractivity contribution in [2.45, 2.75) is 50.0 Å². The number of hydroxylamine groups is 1. The Balaban J connectivity index is 1.86. The first-order valence-electron chi connectivity index (χ1n) is 9.91. The molecule has 3 rings (SSSR count). The molecule has 7 nitrogen and oxygen atoms in total. The second-order valence-corrected chi connectivity index (χ2v) is 9.08. The Kier molecular flexibility index (Phi) is 6.77. The third kappa shape index (κ3) is 4.55. The number of nitrogens with zero attached hydrogens (tertiary/aromatic N) is 2. The van der Waals surface area contributed by atoms with Crippen LogP contribution in [0.2, 0.25) is 0 Å². The number of amides is 1. The monoisotopic (exact) mass is 420 g/mol. The SMILES string of the molecule is CCc1ccc(C2CCCCCN2C(=O)c2ccc(S(=O)(=O)N(C)OC)cc2)o1. The van der Waals surface area contributed by atoms with Crippen LogP contribution in [0.5, 0.6) is 0 Å². The van der Waals surface area contributed by atoms with Gasteiger partial charge in [0, 0.05) is 25.6 Å². The number of carbonyl (C=O) groups is 1. The number of rotatable bonds is 6. The molecule has 29 heavy (non-hydrogen) atoms. The summed E-state index contributed by atoms with van der Waals surface area (Å²) in [6, 6.07) is 9.81. The third-order valence-corrected chi connectivity index (χ3v) is 7.06. The van der Waals surface area contributed by atoms with Gasteiger partial charge in [0.25, 0.3) is 15.9 Å². The van der Waals surface area contributed by atoms with E-state index in [1.807, 2.05) is 24.0 Å². The molecule has 0 bridgehead atoms. The number of hydrogen-bond acceptors (Lipinski definition) is 5. The second kappa shape index (κ2) is 9.11. The van der Waals surface area contributed by atoms with Crippen molar-refractivity contribution in [1.29, 1.82) is 0 Å². The number of sulfonamides is 1. The summed E-state index contributed by atoms with van der Waals surface area (Å²) >= 11 is 0. The van der Waals surface area contributed by atoms with Gasteiger partial charge in [-0.1, -0.05) is 24.2 Å². The fourth-order valence-corrected chi connectivity index (χ4v) is 4.57. The maximum absolute atomic E-state index is 13.3. The van der Waals surface area contributed by atoms with Crippen molar-refractivity contribution in [2.24, 2.45) is 0 Å². The number of benzene rings is 1. The van der Waals surface area contributed by atoms with E-state index in [-0.39, 0.29) is 16.8 Å². The summed E-state index contributed by atoms with van der Waals surface area (Å²) in [5.41, 5.74) is 0.457. The fraction of sp³-hybridized carbons (Fsp3) is 0.476. The molecule has 0 saturated carbocycles. The summed E-state index contributed by atoms with van der Waals surface area (Å²) in [5.74, 6) is 1.61. The largest absolute Gasteiger partial charge is 0.464 e.